The molecule has 3 rings (SSSR count). The van der Waals surface area contributed by atoms with Crippen LogP contribution in [0, 0.1) is 13.8 Å². The predicted molar refractivity (Wildman–Crippen MR) is 82.2 cm³/mol. The summed E-state index contributed by atoms with van der Waals surface area (Å²) in [5.41, 5.74) is 3.68. The lowest BCUT2D eigenvalue weighted by atomic mass is 10.1. The molecule has 2 heterocycles. The normalized spacial score (nSPS) is 11.2. The third kappa shape index (κ3) is 2.31. The average Bonchev–Trinajstić information content (AvgIpc) is 2.80. The van der Waals surface area contributed by atoms with Crippen molar-refractivity contribution in [3.63, 3.8) is 0 Å². The van der Waals surface area contributed by atoms with Crippen molar-refractivity contribution in [2.45, 2.75) is 20.3 Å². The summed E-state index contributed by atoms with van der Waals surface area (Å²) in [7, 11) is 0. The zero-order chi connectivity index (χ0) is 14.3. The van der Waals surface area contributed by atoms with Crippen LogP contribution in [-0.2, 0) is 6.42 Å². The lowest BCUT2D eigenvalue weighted by molar-refractivity contribution is 0.896. The molecule has 3 aromatic rings. The van der Waals surface area contributed by atoms with Crippen LogP contribution in [0.25, 0.3) is 5.65 Å². The Bertz CT molecular complexity index is 797. The van der Waals surface area contributed by atoms with Crippen LogP contribution < -0.4 is 0 Å². The van der Waals surface area contributed by atoms with Gasteiger partial charge in [0.05, 0.1) is 5.69 Å². The molecule has 0 unspecified atom stereocenters. The van der Waals surface area contributed by atoms with E-state index in [9.17, 15) is 0 Å². The van der Waals surface area contributed by atoms with E-state index in [4.69, 9.17) is 11.6 Å². The molecule has 4 nitrogen and oxygen atoms in total. The fourth-order valence-corrected chi connectivity index (χ4v) is 2.88. The van der Waals surface area contributed by atoms with Gasteiger partial charge >= 0.3 is 0 Å². The number of benzene rings is 1. The van der Waals surface area contributed by atoms with Gasteiger partial charge in [-0.15, -0.1) is 10.2 Å². The van der Waals surface area contributed by atoms with Crippen LogP contribution in [0.5, 0.6) is 0 Å². The lowest BCUT2D eigenvalue weighted by Crippen LogP contribution is -2.04. The Balaban J connectivity index is 2.13. The van der Waals surface area contributed by atoms with Gasteiger partial charge in [-0.2, -0.15) is 0 Å². The zero-order valence-electron chi connectivity index (χ0n) is 11.1. The standard InChI is InChI=1S/C14H12BrClN4/c1-8-9(2)20-12(18-19-14(20)13(16)17-8)7-10-4-3-5-11(15)6-10/h3-6H,7H2,1-2H3. The van der Waals surface area contributed by atoms with E-state index < -0.39 is 0 Å². The van der Waals surface area contributed by atoms with Gasteiger partial charge in [-0.05, 0) is 31.5 Å². The van der Waals surface area contributed by atoms with Gasteiger partial charge in [0, 0.05) is 16.6 Å². The third-order valence-electron chi connectivity index (χ3n) is 3.29. The summed E-state index contributed by atoms with van der Waals surface area (Å²) >= 11 is 9.61. The van der Waals surface area contributed by atoms with Crippen molar-refractivity contribution in [3.05, 3.63) is 56.7 Å². The maximum Gasteiger partial charge on any atom is 0.198 e. The molecule has 20 heavy (non-hydrogen) atoms. The number of fused-ring (bicyclic) bond motifs is 1. The number of hydrogen-bond acceptors (Lipinski definition) is 3. The molecule has 1 aromatic carbocycles. The first-order valence-electron chi connectivity index (χ1n) is 6.17. The molecule has 0 atom stereocenters. The van der Waals surface area contributed by atoms with Crippen molar-refractivity contribution in [2.75, 3.05) is 0 Å². The summed E-state index contributed by atoms with van der Waals surface area (Å²) < 4.78 is 3.03. The van der Waals surface area contributed by atoms with Crippen LogP contribution in [0.4, 0.5) is 0 Å². The van der Waals surface area contributed by atoms with E-state index in [-0.39, 0.29) is 0 Å². The average molecular weight is 352 g/mol. The summed E-state index contributed by atoms with van der Waals surface area (Å²) in [4.78, 5) is 4.27. The van der Waals surface area contributed by atoms with E-state index in [1.165, 1.54) is 5.56 Å². The Hall–Kier alpha value is -1.46. The van der Waals surface area contributed by atoms with E-state index in [0.29, 0.717) is 17.2 Å². The molecular formula is C14H12BrClN4. The van der Waals surface area contributed by atoms with Crippen LogP contribution in [0.15, 0.2) is 28.7 Å². The number of nitrogens with zero attached hydrogens (tertiary/aromatic N) is 4. The summed E-state index contributed by atoms with van der Waals surface area (Å²) in [5, 5.41) is 8.79. The Kier molecular flexibility index (Phi) is 3.48. The molecule has 6 heteroatoms. The Morgan fingerprint density at radius 2 is 2.05 bits per heavy atom. The van der Waals surface area contributed by atoms with E-state index in [1.54, 1.807) is 0 Å². The molecule has 0 radical (unpaired) electrons. The van der Waals surface area contributed by atoms with Crippen molar-refractivity contribution in [1.29, 1.82) is 0 Å². The molecular weight excluding hydrogens is 340 g/mol. The molecule has 2 aromatic heterocycles. The Labute approximate surface area is 129 Å². The largest absolute Gasteiger partial charge is 0.279 e. The molecule has 0 fully saturated rings. The van der Waals surface area contributed by atoms with E-state index in [2.05, 4.69) is 43.2 Å². The smallest absolute Gasteiger partial charge is 0.198 e. The quantitative estimate of drug-likeness (QED) is 0.706. The number of aromatic nitrogens is 4. The monoisotopic (exact) mass is 350 g/mol. The SMILES string of the molecule is Cc1nc(Cl)c2nnc(Cc3cccc(Br)c3)n2c1C. The highest BCUT2D eigenvalue weighted by atomic mass is 79.9. The van der Waals surface area contributed by atoms with Gasteiger partial charge in [-0.3, -0.25) is 4.40 Å². The molecule has 102 valence electrons. The lowest BCUT2D eigenvalue weighted by Gasteiger charge is -2.07. The van der Waals surface area contributed by atoms with Gasteiger partial charge in [0.25, 0.3) is 0 Å². The second kappa shape index (κ2) is 5.14. The van der Waals surface area contributed by atoms with Crippen LogP contribution in [0.2, 0.25) is 5.15 Å². The highest BCUT2D eigenvalue weighted by molar-refractivity contribution is 9.10. The van der Waals surface area contributed by atoms with Gasteiger partial charge < -0.3 is 0 Å². The maximum absolute atomic E-state index is 6.13. The summed E-state index contributed by atoms with van der Waals surface area (Å²) in [6.45, 7) is 3.93. The van der Waals surface area contributed by atoms with Crippen molar-refractivity contribution in [3.8, 4) is 0 Å². The third-order valence-corrected chi connectivity index (χ3v) is 4.04. The van der Waals surface area contributed by atoms with Crippen molar-refractivity contribution < 1.29 is 0 Å². The predicted octanol–water partition coefficient (Wildman–Crippen LogP) is 3.75. The molecule has 0 aliphatic carbocycles. The summed E-state index contributed by atoms with van der Waals surface area (Å²) in [6, 6.07) is 8.15. The second-order valence-electron chi connectivity index (χ2n) is 4.66. The number of aryl methyl sites for hydroxylation is 2. The number of rotatable bonds is 2. The van der Waals surface area contributed by atoms with Gasteiger partial charge in [0.15, 0.2) is 10.8 Å². The van der Waals surface area contributed by atoms with E-state index in [0.717, 1.165) is 21.7 Å². The molecule has 0 saturated carbocycles. The number of hydrogen-bond donors (Lipinski definition) is 0. The fourth-order valence-electron chi connectivity index (χ4n) is 2.19. The van der Waals surface area contributed by atoms with Gasteiger partial charge in [-0.25, -0.2) is 4.98 Å². The highest BCUT2D eigenvalue weighted by Gasteiger charge is 2.14. The molecule has 0 aliphatic heterocycles. The van der Waals surface area contributed by atoms with Crippen molar-refractivity contribution >= 4 is 33.2 Å². The van der Waals surface area contributed by atoms with E-state index >= 15 is 0 Å². The Morgan fingerprint density at radius 1 is 1.25 bits per heavy atom. The minimum atomic E-state index is 0.390. The van der Waals surface area contributed by atoms with Gasteiger partial charge in [0.1, 0.15) is 5.82 Å². The first kappa shape index (κ1) is 13.5. The van der Waals surface area contributed by atoms with Gasteiger partial charge in [0.2, 0.25) is 0 Å². The summed E-state index contributed by atoms with van der Waals surface area (Å²) in [5.74, 6) is 0.864. The molecule has 0 saturated heterocycles. The molecule has 0 aliphatic rings. The molecule has 0 spiro atoms. The van der Waals surface area contributed by atoms with Crippen molar-refractivity contribution in [2.24, 2.45) is 0 Å². The van der Waals surface area contributed by atoms with Crippen LogP contribution in [0.3, 0.4) is 0 Å². The molecule has 0 N–H and O–H groups in total. The molecule has 0 amide bonds. The number of halogens is 2. The van der Waals surface area contributed by atoms with Crippen LogP contribution in [0.1, 0.15) is 22.8 Å². The topological polar surface area (TPSA) is 43.1 Å². The first-order valence-corrected chi connectivity index (χ1v) is 7.34. The zero-order valence-corrected chi connectivity index (χ0v) is 13.4. The maximum atomic E-state index is 6.13. The first-order chi connectivity index (χ1) is 9.56. The molecule has 0 bridgehead atoms. The van der Waals surface area contributed by atoms with Crippen molar-refractivity contribution in [1.82, 2.24) is 19.6 Å². The fraction of sp³-hybridized carbons (Fsp3) is 0.214. The highest BCUT2D eigenvalue weighted by Crippen LogP contribution is 2.20. The Morgan fingerprint density at radius 3 is 2.80 bits per heavy atom. The minimum absolute atomic E-state index is 0.390. The summed E-state index contributed by atoms with van der Waals surface area (Å²) in [6.07, 6.45) is 0.696. The van der Waals surface area contributed by atoms with Gasteiger partial charge in [-0.1, -0.05) is 39.7 Å². The van der Waals surface area contributed by atoms with E-state index in [1.807, 2.05) is 30.4 Å². The van der Waals surface area contributed by atoms with Crippen LogP contribution in [-0.4, -0.2) is 19.6 Å². The minimum Gasteiger partial charge on any atom is -0.279 e. The van der Waals surface area contributed by atoms with Crippen LogP contribution >= 0.6 is 27.5 Å². The second-order valence-corrected chi connectivity index (χ2v) is 5.93.